The zero-order chi connectivity index (χ0) is 11.8. The topological polar surface area (TPSA) is 29.5 Å². The van der Waals surface area contributed by atoms with Gasteiger partial charge in [0.05, 0.1) is 16.2 Å². The van der Waals surface area contributed by atoms with E-state index in [0.717, 1.165) is 28.6 Å². The number of ether oxygens (including phenoxy) is 1. The maximum atomic E-state index is 9.88. The third-order valence-electron chi connectivity index (χ3n) is 2.98. The zero-order valence-electron chi connectivity index (χ0n) is 9.66. The minimum Gasteiger partial charge on any atom is -0.489 e. The van der Waals surface area contributed by atoms with Crippen LogP contribution in [0.5, 0.6) is 5.75 Å². The molecular formula is C13H17BrO2. The average molecular weight is 285 g/mol. The van der Waals surface area contributed by atoms with E-state index in [2.05, 4.69) is 15.9 Å². The highest BCUT2D eigenvalue weighted by atomic mass is 79.9. The van der Waals surface area contributed by atoms with Crippen LogP contribution in [0.2, 0.25) is 0 Å². The molecule has 1 aliphatic carbocycles. The van der Waals surface area contributed by atoms with Gasteiger partial charge in [0.2, 0.25) is 0 Å². The van der Waals surface area contributed by atoms with Crippen LogP contribution in [0.3, 0.4) is 0 Å². The van der Waals surface area contributed by atoms with Crippen LogP contribution >= 0.6 is 15.9 Å². The lowest BCUT2D eigenvalue weighted by molar-refractivity contribution is 0.0782. The largest absolute Gasteiger partial charge is 0.489 e. The maximum absolute atomic E-state index is 9.88. The maximum Gasteiger partial charge on any atom is 0.133 e. The van der Waals surface area contributed by atoms with Crippen LogP contribution in [0.25, 0.3) is 0 Å². The molecule has 1 aromatic rings. The van der Waals surface area contributed by atoms with Crippen LogP contribution in [-0.4, -0.2) is 11.2 Å². The summed E-state index contributed by atoms with van der Waals surface area (Å²) in [7, 11) is 0. The van der Waals surface area contributed by atoms with Gasteiger partial charge >= 0.3 is 0 Å². The van der Waals surface area contributed by atoms with Gasteiger partial charge in [-0.1, -0.05) is 6.07 Å². The van der Waals surface area contributed by atoms with Crippen LogP contribution < -0.4 is 4.74 Å². The summed E-state index contributed by atoms with van der Waals surface area (Å²) >= 11 is 3.49. The lowest BCUT2D eigenvalue weighted by atomic mass is 9.96. The summed E-state index contributed by atoms with van der Waals surface area (Å²) in [6.07, 6.45) is 3.95. The van der Waals surface area contributed by atoms with Gasteiger partial charge in [0, 0.05) is 0 Å². The van der Waals surface area contributed by atoms with Crippen molar-refractivity contribution in [1.82, 2.24) is 0 Å². The molecule has 0 spiro atoms. The zero-order valence-corrected chi connectivity index (χ0v) is 11.3. The Morgan fingerprint density at radius 2 is 2.06 bits per heavy atom. The van der Waals surface area contributed by atoms with Gasteiger partial charge in [-0.3, -0.25) is 0 Å². The third-order valence-corrected chi connectivity index (χ3v) is 3.60. The molecule has 0 atom stereocenters. The van der Waals surface area contributed by atoms with Gasteiger partial charge in [-0.15, -0.1) is 0 Å². The lowest BCUT2D eigenvalue weighted by Crippen LogP contribution is -2.24. The molecule has 1 aliphatic rings. The number of benzene rings is 1. The molecule has 2 nitrogen and oxygen atoms in total. The summed E-state index contributed by atoms with van der Waals surface area (Å²) in [4.78, 5) is 0. The number of aliphatic hydroxyl groups is 1. The molecular weight excluding hydrogens is 268 g/mol. The van der Waals surface area contributed by atoms with Crippen molar-refractivity contribution in [3.8, 4) is 5.75 Å². The predicted octanol–water partition coefficient (Wildman–Crippen LogP) is 3.61. The molecule has 2 rings (SSSR count). The van der Waals surface area contributed by atoms with Crippen molar-refractivity contribution in [3.63, 3.8) is 0 Å². The van der Waals surface area contributed by atoms with Gasteiger partial charge in [0.25, 0.3) is 0 Å². The normalized spacial score (nSPS) is 17.0. The molecule has 0 heterocycles. The number of hydrogen-bond donors (Lipinski definition) is 1. The van der Waals surface area contributed by atoms with E-state index in [0.29, 0.717) is 6.10 Å². The first-order valence-corrected chi connectivity index (χ1v) is 6.45. The van der Waals surface area contributed by atoms with Crippen LogP contribution in [0.4, 0.5) is 0 Å². The molecule has 0 saturated heterocycles. The van der Waals surface area contributed by atoms with Gasteiger partial charge < -0.3 is 9.84 Å². The number of rotatable bonds is 3. The van der Waals surface area contributed by atoms with E-state index < -0.39 is 5.60 Å². The quantitative estimate of drug-likeness (QED) is 0.919. The molecule has 1 aromatic carbocycles. The SMILES string of the molecule is CC(C)(O)c1ccc(OC2CCC2)c(Br)c1. The molecule has 1 fully saturated rings. The second-order valence-corrected chi connectivity index (χ2v) is 5.73. The van der Waals surface area contributed by atoms with Gasteiger partial charge in [-0.2, -0.15) is 0 Å². The Balaban J connectivity index is 2.15. The number of hydrogen-bond acceptors (Lipinski definition) is 2. The Morgan fingerprint density at radius 1 is 1.38 bits per heavy atom. The summed E-state index contributed by atoms with van der Waals surface area (Å²) in [6, 6.07) is 5.77. The standard InChI is InChI=1S/C13H17BrO2/c1-13(2,15)9-6-7-12(11(14)8-9)16-10-4-3-5-10/h6-8,10,15H,3-5H2,1-2H3. The predicted molar refractivity (Wildman–Crippen MR) is 67.7 cm³/mol. The first-order chi connectivity index (χ1) is 7.47. The van der Waals surface area contributed by atoms with Gasteiger partial charge in [-0.05, 0) is 66.7 Å². The summed E-state index contributed by atoms with van der Waals surface area (Å²) in [5.74, 6) is 0.873. The van der Waals surface area contributed by atoms with Gasteiger partial charge in [0.15, 0.2) is 0 Å². The minimum atomic E-state index is -0.808. The minimum absolute atomic E-state index is 0.379. The van der Waals surface area contributed by atoms with Crippen LogP contribution in [-0.2, 0) is 5.60 Å². The van der Waals surface area contributed by atoms with E-state index in [1.54, 1.807) is 13.8 Å². The fraction of sp³-hybridized carbons (Fsp3) is 0.538. The van der Waals surface area contributed by atoms with E-state index in [-0.39, 0.29) is 0 Å². The Labute approximate surface area is 105 Å². The average Bonchev–Trinajstić information content (AvgIpc) is 2.11. The van der Waals surface area contributed by atoms with Crippen molar-refractivity contribution in [3.05, 3.63) is 28.2 Å². The highest BCUT2D eigenvalue weighted by Crippen LogP contribution is 2.33. The highest BCUT2D eigenvalue weighted by molar-refractivity contribution is 9.10. The summed E-state index contributed by atoms with van der Waals surface area (Å²) in [5.41, 5.74) is 0.0812. The van der Waals surface area contributed by atoms with E-state index in [9.17, 15) is 5.11 Å². The first-order valence-electron chi connectivity index (χ1n) is 5.66. The van der Waals surface area contributed by atoms with Crippen molar-refractivity contribution < 1.29 is 9.84 Å². The van der Waals surface area contributed by atoms with Crippen LogP contribution in [0.1, 0.15) is 38.7 Å². The second kappa shape index (κ2) is 4.38. The Hall–Kier alpha value is -0.540. The van der Waals surface area contributed by atoms with Gasteiger partial charge in [0.1, 0.15) is 5.75 Å². The number of halogens is 1. The Kier molecular flexibility index (Phi) is 3.27. The monoisotopic (exact) mass is 284 g/mol. The Morgan fingerprint density at radius 3 is 2.50 bits per heavy atom. The van der Waals surface area contributed by atoms with Crippen molar-refractivity contribution in [1.29, 1.82) is 0 Å². The summed E-state index contributed by atoms with van der Waals surface area (Å²) < 4.78 is 6.74. The van der Waals surface area contributed by atoms with Crippen LogP contribution in [0.15, 0.2) is 22.7 Å². The highest BCUT2D eigenvalue weighted by Gasteiger charge is 2.21. The van der Waals surface area contributed by atoms with E-state index in [4.69, 9.17) is 4.74 Å². The summed E-state index contributed by atoms with van der Waals surface area (Å²) in [5, 5.41) is 9.88. The fourth-order valence-electron chi connectivity index (χ4n) is 1.65. The Bertz CT molecular complexity index is 378. The smallest absolute Gasteiger partial charge is 0.133 e. The van der Waals surface area contributed by atoms with E-state index in [1.165, 1.54) is 6.42 Å². The van der Waals surface area contributed by atoms with E-state index >= 15 is 0 Å². The molecule has 16 heavy (non-hydrogen) atoms. The molecule has 0 aromatic heterocycles. The molecule has 3 heteroatoms. The first kappa shape index (κ1) is 11.9. The second-order valence-electron chi connectivity index (χ2n) is 4.87. The van der Waals surface area contributed by atoms with Crippen molar-refractivity contribution in [2.24, 2.45) is 0 Å². The molecule has 0 bridgehead atoms. The molecule has 0 amide bonds. The lowest BCUT2D eigenvalue weighted by Gasteiger charge is -2.27. The van der Waals surface area contributed by atoms with Crippen molar-refractivity contribution in [2.45, 2.75) is 44.8 Å². The molecule has 0 aliphatic heterocycles. The molecule has 88 valence electrons. The van der Waals surface area contributed by atoms with E-state index in [1.807, 2.05) is 18.2 Å². The molecule has 0 radical (unpaired) electrons. The molecule has 1 saturated carbocycles. The summed E-state index contributed by atoms with van der Waals surface area (Å²) in [6.45, 7) is 3.56. The van der Waals surface area contributed by atoms with Gasteiger partial charge in [-0.25, -0.2) is 0 Å². The molecule has 0 unspecified atom stereocenters. The fourth-order valence-corrected chi connectivity index (χ4v) is 2.12. The molecule has 1 N–H and O–H groups in total. The van der Waals surface area contributed by atoms with Crippen molar-refractivity contribution in [2.75, 3.05) is 0 Å². The van der Waals surface area contributed by atoms with Crippen LogP contribution in [0, 0.1) is 0 Å². The third kappa shape index (κ3) is 2.58. The van der Waals surface area contributed by atoms with Crippen molar-refractivity contribution >= 4 is 15.9 Å².